The van der Waals surface area contributed by atoms with Gasteiger partial charge in [-0.2, -0.15) is 0 Å². The molecule has 0 aromatic rings. The first-order valence-corrected chi connectivity index (χ1v) is 7.02. The van der Waals surface area contributed by atoms with Gasteiger partial charge in [-0.15, -0.1) is 18.9 Å². The van der Waals surface area contributed by atoms with Crippen LogP contribution < -0.4 is 0 Å². The summed E-state index contributed by atoms with van der Waals surface area (Å²) >= 11 is 1.06. The van der Waals surface area contributed by atoms with Crippen molar-refractivity contribution in [3.8, 4) is 12.3 Å². The molecule has 0 heterocycles. The third-order valence-corrected chi connectivity index (χ3v) is 2.80. The Labute approximate surface area is 119 Å². The fourth-order valence-corrected chi connectivity index (χ4v) is 1.85. The Kier molecular flexibility index (Phi) is 8.01. The van der Waals surface area contributed by atoms with Crippen LogP contribution in [0.25, 0.3) is 0 Å². The molecule has 0 aliphatic carbocycles. The molecule has 0 radical (unpaired) electrons. The maximum atomic E-state index is 11.9. The van der Waals surface area contributed by atoms with Gasteiger partial charge in [0.2, 0.25) is 0 Å². The van der Waals surface area contributed by atoms with E-state index in [0.717, 1.165) is 23.1 Å². The number of amides is 2. The van der Waals surface area contributed by atoms with E-state index < -0.39 is 11.7 Å². The Morgan fingerprint density at radius 2 is 2.11 bits per heavy atom. The fourth-order valence-electron chi connectivity index (χ4n) is 1.08. The van der Waals surface area contributed by atoms with Crippen LogP contribution in [-0.2, 0) is 4.74 Å². The van der Waals surface area contributed by atoms with Gasteiger partial charge in [0.15, 0.2) is 0 Å². The Hall–Kier alpha value is -1.41. The first-order valence-electron chi connectivity index (χ1n) is 6.03. The predicted molar refractivity (Wildman–Crippen MR) is 79.1 cm³/mol. The maximum absolute atomic E-state index is 11.9. The van der Waals surface area contributed by atoms with E-state index in [9.17, 15) is 9.59 Å². The molecule has 0 N–H and O–H groups in total. The third-order valence-electron chi connectivity index (χ3n) is 1.84. The van der Waals surface area contributed by atoms with Gasteiger partial charge in [0.1, 0.15) is 5.60 Å². The number of rotatable bonds is 5. The second kappa shape index (κ2) is 8.65. The van der Waals surface area contributed by atoms with E-state index in [4.69, 9.17) is 11.2 Å². The van der Waals surface area contributed by atoms with Gasteiger partial charge < -0.3 is 4.74 Å². The van der Waals surface area contributed by atoms with Gasteiger partial charge in [-0.1, -0.05) is 17.8 Å². The highest BCUT2D eigenvalue weighted by atomic mass is 32.2. The summed E-state index contributed by atoms with van der Waals surface area (Å²) in [4.78, 5) is 24.8. The average molecular weight is 283 g/mol. The molecule has 106 valence electrons. The topological polar surface area (TPSA) is 46.6 Å². The molecular weight excluding hydrogens is 262 g/mol. The second-order valence-corrected chi connectivity index (χ2v) is 5.85. The molecule has 0 unspecified atom stereocenters. The first-order chi connectivity index (χ1) is 8.81. The van der Waals surface area contributed by atoms with E-state index in [0.29, 0.717) is 12.2 Å². The smallest absolute Gasteiger partial charge is 0.418 e. The van der Waals surface area contributed by atoms with Crippen molar-refractivity contribution in [2.75, 3.05) is 12.3 Å². The SMILES string of the molecule is C#CCCCSC(=O)N(CC=C)C(=O)OC(C)(C)C. The van der Waals surface area contributed by atoms with Crippen LogP contribution in [0.4, 0.5) is 9.59 Å². The molecule has 19 heavy (non-hydrogen) atoms. The summed E-state index contributed by atoms with van der Waals surface area (Å²) in [7, 11) is 0. The van der Waals surface area contributed by atoms with Crippen LogP contribution in [-0.4, -0.2) is 34.1 Å². The van der Waals surface area contributed by atoms with Gasteiger partial charge in [-0.05, 0) is 27.2 Å². The Morgan fingerprint density at radius 3 is 2.58 bits per heavy atom. The summed E-state index contributed by atoms with van der Waals surface area (Å²) in [6, 6.07) is 0. The number of imide groups is 1. The lowest BCUT2D eigenvalue weighted by Gasteiger charge is -2.25. The molecule has 2 amide bonds. The molecule has 0 bridgehead atoms. The molecule has 0 saturated carbocycles. The summed E-state index contributed by atoms with van der Waals surface area (Å²) < 4.78 is 5.17. The average Bonchev–Trinajstić information content (AvgIpc) is 2.29. The first kappa shape index (κ1) is 17.6. The summed E-state index contributed by atoms with van der Waals surface area (Å²) in [6.07, 6.45) is 7.33. The minimum absolute atomic E-state index is 0.135. The summed E-state index contributed by atoms with van der Waals surface area (Å²) in [5.74, 6) is 3.09. The fraction of sp³-hybridized carbons (Fsp3) is 0.571. The second-order valence-electron chi connectivity index (χ2n) is 4.80. The van der Waals surface area contributed by atoms with E-state index in [2.05, 4.69) is 12.5 Å². The summed E-state index contributed by atoms with van der Waals surface area (Å²) in [5.41, 5.74) is -0.634. The number of thioether (sulfide) groups is 1. The van der Waals surface area contributed by atoms with Gasteiger partial charge >= 0.3 is 6.09 Å². The lowest BCUT2D eigenvalue weighted by molar-refractivity contribution is 0.0358. The van der Waals surface area contributed by atoms with E-state index in [1.54, 1.807) is 20.8 Å². The zero-order valence-corrected chi connectivity index (χ0v) is 12.6. The molecule has 5 heteroatoms. The number of ether oxygens (including phenoxy) is 1. The van der Waals surface area contributed by atoms with Crippen LogP contribution in [0.2, 0.25) is 0 Å². The normalized spacial score (nSPS) is 10.4. The van der Waals surface area contributed by atoms with Crippen LogP contribution in [0.15, 0.2) is 12.7 Å². The number of hydrogen-bond donors (Lipinski definition) is 0. The van der Waals surface area contributed by atoms with Gasteiger partial charge in [0.05, 0.1) is 6.54 Å². The van der Waals surface area contributed by atoms with E-state index >= 15 is 0 Å². The molecule has 0 atom stereocenters. The highest BCUT2D eigenvalue weighted by molar-refractivity contribution is 8.13. The van der Waals surface area contributed by atoms with Crippen molar-refractivity contribution in [3.05, 3.63) is 12.7 Å². The van der Waals surface area contributed by atoms with Crippen molar-refractivity contribution >= 4 is 23.1 Å². The standard InChI is InChI=1S/C14H21NO3S/c1-6-8-9-11-19-13(17)15(10-7-2)12(16)18-14(3,4)5/h1,7H,2,8-11H2,3-5H3. The number of unbranched alkanes of at least 4 members (excludes halogenated alkanes) is 1. The number of carbonyl (C=O) groups is 2. The van der Waals surface area contributed by atoms with E-state index in [1.807, 2.05) is 0 Å². The lowest BCUT2D eigenvalue weighted by Crippen LogP contribution is -2.39. The molecule has 0 spiro atoms. The van der Waals surface area contributed by atoms with Gasteiger partial charge in [-0.3, -0.25) is 4.79 Å². The van der Waals surface area contributed by atoms with Crippen LogP contribution in [0.5, 0.6) is 0 Å². The Bertz CT molecular complexity index is 366. The number of hydrogen-bond acceptors (Lipinski definition) is 4. The van der Waals surface area contributed by atoms with E-state index in [-0.39, 0.29) is 11.8 Å². The molecule has 0 aromatic carbocycles. The van der Waals surface area contributed by atoms with Crippen molar-refractivity contribution in [1.29, 1.82) is 0 Å². The Morgan fingerprint density at radius 1 is 1.47 bits per heavy atom. The van der Waals surface area contributed by atoms with Crippen LogP contribution >= 0.6 is 11.8 Å². The lowest BCUT2D eigenvalue weighted by atomic mass is 10.2. The zero-order valence-electron chi connectivity index (χ0n) is 11.8. The highest BCUT2D eigenvalue weighted by Gasteiger charge is 2.26. The van der Waals surface area contributed by atoms with Crippen molar-refractivity contribution in [1.82, 2.24) is 4.90 Å². The number of nitrogens with zero attached hydrogens (tertiary/aromatic N) is 1. The summed E-state index contributed by atoms with van der Waals surface area (Å²) in [6.45, 7) is 8.92. The minimum Gasteiger partial charge on any atom is -0.443 e. The predicted octanol–water partition coefficient (Wildman–Crippen LogP) is 3.68. The van der Waals surface area contributed by atoms with Gasteiger partial charge in [0, 0.05) is 12.2 Å². The molecule has 0 saturated heterocycles. The molecule has 0 aliphatic heterocycles. The van der Waals surface area contributed by atoms with Crippen molar-refractivity contribution in [2.45, 2.75) is 39.2 Å². The largest absolute Gasteiger partial charge is 0.443 e. The monoisotopic (exact) mass is 283 g/mol. The van der Waals surface area contributed by atoms with Crippen LogP contribution in [0.1, 0.15) is 33.6 Å². The van der Waals surface area contributed by atoms with Crippen molar-refractivity contribution < 1.29 is 14.3 Å². The maximum Gasteiger partial charge on any atom is 0.418 e. The molecule has 0 fully saturated rings. The van der Waals surface area contributed by atoms with Crippen LogP contribution in [0.3, 0.4) is 0 Å². The van der Waals surface area contributed by atoms with Gasteiger partial charge in [0.25, 0.3) is 5.24 Å². The van der Waals surface area contributed by atoms with E-state index in [1.165, 1.54) is 6.08 Å². The quantitative estimate of drug-likeness (QED) is 0.439. The molecule has 4 nitrogen and oxygen atoms in total. The molecule has 0 aromatic heterocycles. The van der Waals surface area contributed by atoms with Crippen molar-refractivity contribution in [3.63, 3.8) is 0 Å². The molecule has 0 rings (SSSR count). The number of carbonyl (C=O) groups excluding carboxylic acids is 2. The number of terminal acetylenes is 1. The van der Waals surface area contributed by atoms with Gasteiger partial charge in [-0.25, -0.2) is 9.69 Å². The van der Waals surface area contributed by atoms with Crippen molar-refractivity contribution in [2.24, 2.45) is 0 Å². The molecular formula is C14H21NO3S. The highest BCUT2D eigenvalue weighted by Crippen LogP contribution is 2.16. The minimum atomic E-state index is -0.651. The third kappa shape index (κ3) is 8.33. The summed E-state index contributed by atoms with van der Waals surface area (Å²) in [5, 5.41) is -0.342. The van der Waals surface area contributed by atoms with Crippen LogP contribution in [0, 0.1) is 12.3 Å². The molecule has 0 aliphatic rings. The zero-order chi connectivity index (χ0) is 14.9. The Balaban J connectivity index is 4.45.